The summed E-state index contributed by atoms with van der Waals surface area (Å²) in [4.78, 5) is 0. The molecule has 0 spiro atoms. The van der Waals surface area contributed by atoms with Gasteiger partial charge in [0.2, 0.25) is 0 Å². The highest BCUT2D eigenvalue weighted by molar-refractivity contribution is 5.66. The fourth-order valence-electron chi connectivity index (χ4n) is 2.80. The number of halogens is 4. The Hall–Kier alpha value is -1.88. The van der Waals surface area contributed by atoms with Gasteiger partial charge in [0.25, 0.3) is 0 Å². The molecule has 1 unspecified atom stereocenters. The summed E-state index contributed by atoms with van der Waals surface area (Å²) in [6.45, 7) is 1.84. The van der Waals surface area contributed by atoms with Crippen LogP contribution in [-0.2, 0) is 24.2 Å². The van der Waals surface area contributed by atoms with Gasteiger partial charge in [-0.05, 0) is 40.8 Å². The van der Waals surface area contributed by atoms with Gasteiger partial charge in [0.15, 0.2) is 6.10 Å². The molecule has 2 aromatic carbocycles. The van der Waals surface area contributed by atoms with E-state index in [0.717, 1.165) is 12.0 Å². The Morgan fingerprint density at radius 1 is 1.09 bits per heavy atom. The molecule has 0 saturated carbocycles. The predicted molar refractivity (Wildman–Crippen MR) is 79.6 cm³/mol. The Balaban J connectivity index is 1.91. The minimum Gasteiger partial charge on any atom is -0.364 e. The van der Waals surface area contributed by atoms with E-state index in [1.54, 1.807) is 24.3 Å². The van der Waals surface area contributed by atoms with Crippen molar-refractivity contribution in [1.29, 1.82) is 0 Å². The molecule has 0 saturated heterocycles. The van der Waals surface area contributed by atoms with Crippen LogP contribution < -0.4 is 0 Å². The van der Waals surface area contributed by atoms with Gasteiger partial charge in [0, 0.05) is 12.0 Å². The predicted octanol–water partition coefficient (Wildman–Crippen LogP) is 5.06. The Morgan fingerprint density at radius 3 is 2.52 bits per heavy atom. The molecule has 1 aliphatic heterocycles. The van der Waals surface area contributed by atoms with Crippen molar-refractivity contribution >= 4 is 0 Å². The third kappa shape index (κ3) is 3.24. The zero-order chi connectivity index (χ0) is 16.6. The summed E-state index contributed by atoms with van der Waals surface area (Å²) in [6, 6.07) is 10.1. The molecule has 0 aliphatic carbocycles. The Morgan fingerprint density at radius 2 is 1.87 bits per heavy atom. The van der Waals surface area contributed by atoms with Crippen LogP contribution in [0.15, 0.2) is 36.4 Å². The van der Waals surface area contributed by atoms with Crippen LogP contribution >= 0.6 is 0 Å². The van der Waals surface area contributed by atoms with Gasteiger partial charge in [-0.2, -0.15) is 13.2 Å². The molecule has 23 heavy (non-hydrogen) atoms. The van der Waals surface area contributed by atoms with Gasteiger partial charge in [-0.15, -0.1) is 0 Å². The van der Waals surface area contributed by atoms with Gasteiger partial charge < -0.3 is 4.74 Å². The van der Waals surface area contributed by atoms with E-state index in [0.29, 0.717) is 22.3 Å². The maximum absolute atomic E-state index is 14.2. The van der Waals surface area contributed by atoms with Crippen molar-refractivity contribution in [1.82, 2.24) is 0 Å². The molecule has 1 atom stereocenters. The average Bonchev–Trinajstić information content (AvgIpc) is 2.53. The summed E-state index contributed by atoms with van der Waals surface area (Å²) in [5.41, 5.74) is 3.29. The minimum absolute atomic E-state index is 0.109. The lowest BCUT2D eigenvalue weighted by Crippen LogP contribution is -2.36. The molecular weight excluding hydrogens is 308 g/mol. The van der Waals surface area contributed by atoms with Crippen molar-refractivity contribution in [3.8, 4) is 11.1 Å². The second-order valence-electron chi connectivity index (χ2n) is 5.70. The average molecular weight is 324 g/mol. The van der Waals surface area contributed by atoms with E-state index < -0.39 is 12.3 Å². The number of rotatable bonds is 2. The number of fused-ring (bicyclic) bond motifs is 1. The molecule has 0 N–H and O–H groups in total. The lowest BCUT2D eigenvalue weighted by molar-refractivity contribution is -0.226. The van der Waals surface area contributed by atoms with Crippen LogP contribution in [0.4, 0.5) is 17.6 Å². The number of alkyl halides is 3. The summed E-state index contributed by atoms with van der Waals surface area (Å²) >= 11 is 0. The van der Waals surface area contributed by atoms with Crippen LogP contribution in [0, 0.1) is 5.82 Å². The summed E-state index contributed by atoms with van der Waals surface area (Å²) in [5, 5.41) is 0. The molecule has 0 fully saturated rings. The van der Waals surface area contributed by atoms with E-state index in [4.69, 9.17) is 4.74 Å². The van der Waals surface area contributed by atoms with Gasteiger partial charge >= 0.3 is 6.18 Å². The maximum Gasteiger partial charge on any atom is 0.414 e. The number of benzene rings is 2. The summed E-state index contributed by atoms with van der Waals surface area (Å²) in [7, 11) is 0. The van der Waals surface area contributed by atoms with E-state index in [1.165, 1.54) is 6.07 Å². The Kier molecular flexibility index (Phi) is 4.15. The van der Waals surface area contributed by atoms with Gasteiger partial charge in [0.1, 0.15) is 5.82 Å². The van der Waals surface area contributed by atoms with Gasteiger partial charge in [-0.1, -0.05) is 31.2 Å². The quantitative estimate of drug-likeness (QED) is 0.702. The highest BCUT2D eigenvalue weighted by Crippen LogP contribution is 2.34. The monoisotopic (exact) mass is 324 g/mol. The summed E-state index contributed by atoms with van der Waals surface area (Å²) in [5.74, 6) is -0.325. The molecule has 1 aliphatic rings. The molecule has 0 bridgehead atoms. The molecule has 1 nitrogen and oxygen atoms in total. The Bertz CT molecular complexity index is 721. The second kappa shape index (κ2) is 5.96. The summed E-state index contributed by atoms with van der Waals surface area (Å²) < 4.78 is 57.3. The Labute approximate surface area is 131 Å². The smallest absolute Gasteiger partial charge is 0.364 e. The lowest BCUT2D eigenvalue weighted by atomic mass is 9.93. The standard InChI is InChI=1S/C18H16F4O/c1-2-11-3-6-15(16(19)7-11)13-5-4-12-9-17(18(20,21)22)23-10-14(12)8-13/h3-8,17H,2,9-10H2,1H3. The lowest BCUT2D eigenvalue weighted by Gasteiger charge is -2.27. The van der Waals surface area contributed by atoms with E-state index in [2.05, 4.69) is 0 Å². The maximum atomic E-state index is 14.2. The van der Waals surface area contributed by atoms with E-state index >= 15 is 0 Å². The number of hydrogen-bond donors (Lipinski definition) is 0. The minimum atomic E-state index is -4.36. The van der Waals surface area contributed by atoms with Crippen LogP contribution in [0.1, 0.15) is 23.6 Å². The molecule has 2 aromatic rings. The van der Waals surface area contributed by atoms with Crippen LogP contribution in [0.5, 0.6) is 0 Å². The molecular formula is C18H16F4O. The van der Waals surface area contributed by atoms with Crippen molar-refractivity contribution in [3.05, 3.63) is 58.9 Å². The van der Waals surface area contributed by atoms with E-state index in [9.17, 15) is 17.6 Å². The van der Waals surface area contributed by atoms with Gasteiger partial charge in [-0.3, -0.25) is 0 Å². The molecule has 0 aromatic heterocycles. The van der Waals surface area contributed by atoms with Gasteiger partial charge in [0.05, 0.1) is 6.61 Å². The van der Waals surface area contributed by atoms with Crippen LogP contribution in [-0.4, -0.2) is 12.3 Å². The highest BCUT2D eigenvalue weighted by Gasteiger charge is 2.42. The van der Waals surface area contributed by atoms with Crippen LogP contribution in [0.3, 0.4) is 0 Å². The van der Waals surface area contributed by atoms with Crippen molar-refractivity contribution in [2.45, 2.75) is 38.7 Å². The van der Waals surface area contributed by atoms with E-state index in [1.807, 2.05) is 13.0 Å². The highest BCUT2D eigenvalue weighted by atomic mass is 19.4. The fourth-order valence-corrected chi connectivity index (χ4v) is 2.80. The normalized spacial score (nSPS) is 17.9. The first-order valence-corrected chi connectivity index (χ1v) is 7.47. The first-order chi connectivity index (χ1) is 10.9. The fraction of sp³-hybridized carbons (Fsp3) is 0.333. The third-order valence-electron chi connectivity index (χ3n) is 4.17. The van der Waals surface area contributed by atoms with Gasteiger partial charge in [-0.25, -0.2) is 4.39 Å². The van der Waals surface area contributed by atoms with Crippen LogP contribution in [0.2, 0.25) is 0 Å². The SMILES string of the molecule is CCc1ccc(-c2ccc3c(c2)COC(C(F)(F)F)C3)c(F)c1. The number of hydrogen-bond acceptors (Lipinski definition) is 1. The van der Waals surface area contributed by atoms with Crippen molar-refractivity contribution < 1.29 is 22.3 Å². The molecule has 0 amide bonds. The second-order valence-corrected chi connectivity index (χ2v) is 5.70. The number of aryl methyl sites for hydroxylation is 1. The van der Waals surface area contributed by atoms with Crippen LogP contribution in [0.25, 0.3) is 11.1 Å². The molecule has 3 rings (SSSR count). The van der Waals surface area contributed by atoms with Crippen molar-refractivity contribution in [3.63, 3.8) is 0 Å². The first-order valence-electron chi connectivity index (χ1n) is 7.47. The summed E-state index contributed by atoms with van der Waals surface area (Å²) in [6.07, 6.45) is -5.58. The zero-order valence-corrected chi connectivity index (χ0v) is 12.6. The number of ether oxygens (including phenoxy) is 1. The first kappa shape index (κ1) is 16.0. The molecule has 0 radical (unpaired) electrons. The third-order valence-corrected chi connectivity index (χ3v) is 4.17. The zero-order valence-electron chi connectivity index (χ0n) is 12.6. The molecule has 5 heteroatoms. The van der Waals surface area contributed by atoms with Crippen molar-refractivity contribution in [2.75, 3.05) is 0 Å². The topological polar surface area (TPSA) is 9.23 Å². The molecule has 1 heterocycles. The molecule has 122 valence electrons. The van der Waals surface area contributed by atoms with E-state index in [-0.39, 0.29) is 18.8 Å². The van der Waals surface area contributed by atoms with Crippen molar-refractivity contribution in [2.24, 2.45) is 0 Å². The largest absolute Gasteiger partial charge is 0.414 e.